The zero-order valence-corrected chi connectivity index (χ0v) is 16.3. The van der Waals surface area contributed by atoms with Crippen LogP contribution < -0.4 is 4.74 Å². The maximum Gasteiger partial charge on any atom is 0.343 e. The SMILES string of the molecule is C[C@]12CC[C@H]3c4ccc(OC(=O)c5ccccc5)cc4CC[C@@H]3[C@@H]1CCC2=O. The molecule has 3 heteroatoms. The van der Waals surface area contributed by atoms with Crippen molar-refractivity contribution in [3.8, 4) is 5.75 Å². The van der Waals surface area contributed by atoms with Gasteiger partial charge in [0, 0.05) is 11.8 Å². The monoisotopic (exact) mass is 374 g/mol. The van der Waals surface area contributed by atoms with Crippen LogP contribution in [0.3, 0.4) is 0 Å². The van der Waals surface area contributed by atoms with E-state index in [0.29, 0.717) is 34.8 Å². The van der Waals surface area contributed by atoms with Gasteiger partial charge < -0.3 is 4.74 Å². The number of hydrogen-bond donors (Lipinski definition) is 0. The molecule has 0 saturated heterocycles. The quantitative estimate of drug-likeness (QED) is 0.527. The van der Waals surface area contributed by atoms with Crippen LogP contribution in [0.4, 0.5) is 0 Å². The summed E-state index contributed by atoms with van der Waals surface area (Å²) in [4.78, 5) is 24.8. The van der Waals surface area contributed by atoms with Gasteiger partial charge in [0.2, 0.25) is 0 Å². The maximum absolute atomic E-state index is 12.5. The van der Waals surface area contributed by atoms with Crippen molar-refractivity contribution in [3.05, 3.63) is 65.2 Å². The molecule has 4 atom stereocenters. The number of ether oxygens (including phenoxy) is 1. The molecule has 3 nitrogen and oxygen atoms in total. The highest BCUT2D eigenvalue weighted by molar-refractivity contribution is 5.91. The molecule has 0 spiro atoms. The second-order valence-corrected chi connectivity index (χ2v) is 8.95. The second kappa shape index (κ2) is 6.58. The normalized spacial score (nSPS) is 30.9. The summed E-state index contributed by atoms with van der Waals surface area (Å²) in [5, 5.41) is 0. The Morgan fingerprint density at radius 3 is 2.68 bits per heavy atom. The molecule has 0 radical (unpaired) electrons. The zero-order chi connectivity index (χ0) is 19.3. The van der Waals surface area contributed by atoms with Crippen molar-refractivity contribution in [2.45, 2.75) is 51.4 Å². The first-order valence-corrected chi connectivity index (χ1v) is 10.5. The van der Waals surface area contributed by atoms with E-state index in [1.807, 2.05) is 24.3 Å². The van der Waals surface area contributed by atoms with Gasteiger partial charge in [-0.1, -0.05) is 31.2 Å². The number of carbonyl (C=O) groups is 2. The predicted octanol–water partition coefficient (Wildman–Crippen LogP) is 5.33. The minimum absolute atomic E-state index is 0.0795. The second-order valence-electron chi connectivity index (χ2n) is 8.95. The molecule has 0 N–H and O–H groups in total. The average Bonchev–Trinajstić information content (AvgIpc) is 3.03. The summed E-state index contributed by atoms with van der Waals surface area (Å²) in [6, 6.07) is 15.3. The highest BCUT2D eigenvalue weighted by Crippen LogP contribution is 2.59. The first-order chi connectivity index (χ1) is 13.6. The fourth-order valence-corrected chi connectivity index (χ4v) is 6.13. The van der Waals surface area contributed by atoms with Crippen LogP contribution in [0.25, 0.3) is 0 Å². The van der Waals surface area contributed by atoms with Gasteiger partial charge in [-0.2, -0.15) is 0 Å². The van der Waals surface area contributed by atoms with Gasteiger partial charge in [0.1, 0.15) is 11.5 Å². The number of fused-ring (bicyclic) bond motifs is 5. The number of Topliss-reactive ketones (excluding diaryl/α,β-unsaturated/α-hetero) is 1. The summed E-state index contributed by atoms with van der Waals surface area (Å²) >= 11 is 0. The van der Waals surface area contributed by atoms with Gasteiger partial charge in [0.25, 0.3) is 0 Å². The minimum Gasteiger partial charge on any atom is -0.423 e. The van der Waals surface area contributed by atoms with Crippen LogP contribution in [0.5, 0.6) is 5.75 Å². The summed E-state index contributed by atoms with van der Waals surface area (Å²) in [5.74, 6) is 2.52. The van der Waals surface area contributed by atoms with Crippen molar-refractivity contribution in [1.82, 2.24) is 0 Å². The molecule has 2 aromatic carbocycles. The van der Waals surface area contributed by atoms with E-state index in [1.54, 1.807) is 12.1 Å². The molecule has 2 fully saturated rings. The van der Waals surface area contributed by atoms with Crippen LogP contribution in [0.2, 0.25) is 0 Å². The van der Waals surface area contributed by atoms with Crippen LogP contribution in [0, 0.1) is 17.3 Å². The smallest absolute Gasteiger partial charge is 0.343 e. The topological polar surface area (TPSA) is 43.4 Å². The largest absolute Gasteiger partial charge is 0.423 e. The van der Waals surface area contributed by atoms with Crippen molar-refractivity contribution in [1.29, 1.82) is 0 Å². The molecular weight excluding hydrogens is 348 g/mol. The lowest BCUT2D eigenvalue weighted by Crippen LogP contribution is -2.42. The summed E-state index contributed by atoms with van der Waals surface area (Å²) in [6.07, 6.45) is 6.10. The van der Waals surface area contributed by atoms with E-state index in [9.17, 15) is 9.59 Å². The lowest BCUT2D eigenvalue weighted by atomic mass is 9.55. The van der Waals surface area contributed by atoms with Crippen molar-refractivity contribution in [2.75, 3.05) is 0 Å². The Hall–Kier alpha value is -2.42. The number of rotatable bonds is 2. The van der Waals surface area contributed by atoms with Gasteiger partial charge in [-0.3, -0.25) is 4.79 Å². The molecule has 5 rings (SSSR count). The number of benzene rings is 2. The maximum atomic E-state index is 12.5. The summed E-state index contributed by atoms with van der Waals surface area (Å²) in [6.45, 7) is 2.21. The molecule has 3 aliphatic carbocycles. The van der Waals surface area contributed by atoms with Crippen LogP contribution in [-0.4, -0.2) is 11.8 Å². The van der Waals surface area contributed by atoms with Gasteiger partial charge in [-0.05, 0) is 85.3 Å². The summed E-state index contributed by atoms with van der Waals surface area (Å²) in [7, 11) is 0. The number of carbonyl (C=O) groups excluding carboxylic acids is 2. The molecule has 2 aromatic rings. The molecule has 3 aliphatic rings. The zero-order valence-electron chi connectivity index (χ0n) is 16.3. The van der Waals surface area contributed by atoms with Crippen LogP contribution >= 0.6 is 0 Å². The Labute approximate surface area is 166 Å². The van der Waals surface area contributed by atoms with Gasteiger partial charge in [0.15, 0.2) is 0 Å². The van der Waals surface area contributed by atoms with E-state index in [2.05, 4.69) is 19.1 Å². The van der Waals surface area contributed by atoms with E-state index in [4.69, 9.17) is 4.74 Å². The Morgan fingerprint density at radius 2 is 1.86 bits per heavy atom. The molecule has 0 amide bonds. The Morgan fingerprint density at radius 1 is 1.04 bits per heavy atom. The lowest BCUT2D eigenvalue weighted by molar-refractivity contribution is -0.129. The highest BCUT2D eigenvalue weighted by Gasteiger charge is 2.54. The fraction of sp³-hybridized carbons (Fsp3) is 0.440. The third kappa shape index (κ3) is 2.71. The molecule has 2 saturated carbocycles. The van der Waals surface area contributed by atoms with Crippen LogP contribution in [0.1, 0.15) is 66.4 Å². The highest BCUT2D eigenvalue weighted by atomic mass is 16.5. The average molecular weight is 374 g/mol. The number of esters is 1. The first kappa shape index (κ1) is 17.7. The summed E-state index contributed by atoms with van der Waals surface area (Å²) < 4.78 is 5.62. The van der Waals surface area contributed by atoms with Gasteiger partial charge in [0.05, 0.1) is 5.56 Å². The van der Waals surface area contributed by atoms with Gasteiger partial charge in [-0.25, -0.2) is 4.79 Å². The molecule has 28 heavy (non-hydrogen) atoms. The Balaban J connectivity index is 1.38. The van der Waals surface area contributed by atoms with Crippen LogP contribution in [-0.2, 0) is 11.2 Å². The van der Waals surface area contributed by atoms with Gasteiger partial charge >= 0.3 is 5.97 Å². The predicted molar refractivity (Wildman–Crippen MR) is 107 cm³/mol. The third-order valence-corrected chi connectivity index (χ3v) is 7.63. The third-order valence-electron chi connectivity index (χ3n) is 7.63. The number of hydrogen-bond acceptors (Lipinski definition) is 3. The van der Waals surface area contributed by atoms with Crippen molar-refractivity contribution < 1.29 is 14.3 Å². The van der Waals surface area contributed by atoms with Gasteiger partial charge in [-0.15, -0.1) is 0 Å². The Kier molecular flexibility index (Phi) is 4.15. The molecule has 0 aromatic heterocycles. The number of aryl methyl sites for hydroxylation is 1. The van der Waals surface area contributed by atoms with E-state index in [0.717, 1.165) is 38.5 Å². The molecular formula is C25H26O3. The lowest BCUT2D eigenvalue weighted by Gasteiger charge is -2.48. The molecule has 0 bridgehead atoms. The van der Waals surface area contributed by atoms with E-state index < -0.39 is 0 Å². The first-order valence-electron chi connectivity index (χ1n) is 10.5. The molecule has 0 heterocycles. The standard InChI is InChI=1S/C25H26O3/c1-25-14-13-20-19-10-8-18(28-24(27)16-5-3-2-4-6-16)15-17(19)7-9-21(20)22(25)11-12-23(25)26/h2-6,8,10,15,20-22H,7,9,11-14H2,1H3/t20-,21-,22-,25-/m0/s1. The van der Waals surface area contributed by atoms with Crippen molar-refractivity contribution in [3.63, 3.8) is 0 Å². The van der Waals surface area contributed by atoms with E-state index in [1.165, 1.54) is 11.1 Å². The van der Waals surface area contributed by atoms with Crippen LogP contribution in [0.15, 0.2) is 48.5 Å². The van der Waals surface area contributed by atoms with Crippen molar-refractivity contribution in [2.24, 2.45) is 17.3 Å². The summed E-state index contributed by atoms with van der Waals surface area (Å²) in [5.41, 5.74) is 3.21. The van der Waals surface area contributed by atoms with E-state index in [-0.39, 0.29) is 11.4 Å². The van der Waals surface area contributed by atoms with Crippen molar-refractivity contribution >= 4 is 11.8 Å². The fourth-order valence-electron chi connectivity index (χ4n) is 6.13. The molecule has 0 unspecified atom stereocenters. The minimum atomic E-state index is -0.313. The number of ketones is 1. The molecule has 144 valence electrons. The van der Waals surface area contributed by atoms with E-state index >= 15 is 0 Å². The molecule has 0 aliphatic heterocycles. The Bertz CT molecular complexity index is 932.